The highest BCUT2D eigenvalue weighted by Crippen LogP contribution is 2.01. The minimum atomic E-state index is -1.54. The number of esters is 1. The Morgan fingerprint density at radius 1 is 1.79 bits per heavy atom. The summed E-state index contributed by atoms with van der Waals surface area (Å²) in [6, 6.07) is 0. The fourth-order valence-electron chi connectivity index (χ4n) is 0.871. The minimum absolute atomic E-state index is 0.130. The summed E-state index contributed by atoms with van der Waals surface area (Å²) in [6.45, 7) is -0.558. The second kappa shape index (κ2) is 4.77. The molecule has 1 fully saturated rings. The van der Waals surface area contributed by atoms with Crippen molar-refractivity contribution in [2.24, 2.45) is 0 Å². The molecule has 1 heterocycles. The average Bonchev–Trinajstić information content (AvgIpc) is 2.59. The monoisotopic (exact) mass is 205 g/mol. The van der Waals surface area contributed by atoms with Crippen molar-refractivity contribution in [1.82, 2.24) is 5.32 Å². The summed E-state index contributed by atoms with van der Waals surface area (Å²) >= 11 is 0. The minimum Gasteiger partial charge on any atom is -0.460 e. The van der Waals surface area contributed by atoms with Gasteiger partial charge < -0.3 is 25.0 Å². The highest BCUT2D eigenvalue weighted by Gasteiger charge is 2.25. The normalized spacial score (nSPS) is 22.4. The Morgan fingerprint density at radius 2 is 2.50 bits per heavy atom. The molecule has 0 aromatic heterocycles. The molecule has 1 aliphatic rings. The van der Waals surface area contributed by atoms with E-state index in [0.717, 1.165) is 0 Å². The maximum absolute atomic E-state index is 10.8. The first-order chi connectivity index (χ1) is 6.63. The molecule has 7 nitrogen and oxygen atoms in total. The molecule has 0 spiro atoms. The Hall–Kier alpha value is -1.34. The molecule has 0 radical (unpaired) electrons. The van der Waals surface area contributed by atoms with Crippen LogP contribution in [0.25, 0.3) is 0 Å². The van der Waals surface area contributed by atoms with Crippen molar-refractivity contribution in [2.75, 3.05) is 19.8 Å². The third-order valence-electron chi connectivity index (χ3n) is 1.60. The summed E-state index contributed by atoms with van der Waals surface area (Å²) in [4.78, 5) is 21.3. The van der Waals surface area contributed by atoms with Gasteiger partial charge in [0.05, 0.1) is 13.2 Å². The summed E-state index contributed by atoms with van der Waals surface area (Å²) in [6.07, 6.45) is -2.63. The van der Waals surface area contributed by atoms with Gasteiger partial charge in [-0.3, -0.25) is 0 Å². The first kappa shape index (κ1) is 10.7. The Balaban J connectivity index is 2.20. The molecule has 0 bridgehead atoms. The van der Waals surface area contributed by atoms with Gasteiger partial charge in [0.2, 0.25) is 0 Å². The number of alkyl carbamates (subject to hydrolysis) is 1. The molecule has 1 amide bonds. The summed E-state index contributed by atoms with van der Waals surface area (Å²) in [5.41, 5.74) is 0. The zero-order chi connectivity index (χ0) is 10.6. The van der Waals surface area contributed by atoms with Crippen molar-refractivity contribution in [3.63, 3.8) is 0 Å². The molecule has 1 aliphatic heterocycles. The van der Waals surface area contributed by atoms with Crippen LogP contribution in [0, 0.1) is 0 Å². The molecular formula is C7H11NO6. The molecule has 0 aromatic rings. The van der Waals surface area contributed by atoms with E-state index in [1.807, 2.05) is 0 Å². The Kier molecular flexibility index (Phi) is 3.66. The van der Waals surface area contributed by atoms with Crippen LogP contribution in [0.1, 0.15) is 0 Å². The predicted octanol–water partition coefficient (Wildman–Crippen LogP) is -2.01. The van der Waals surface area contributed by atoms with Crippen LogP contribution in [-0.4, -0.2) is 54.2 Å². The molecule has 14 heavy (non-hydrogen) atoms. The highest BCUT2D eigenvalue weighted by molar-refractivity contribution is 5.74. The molecule has 0 unspecified atom stereocenters. The van der Waals surface area contributed by atoms with Crippen molar-refractivity contribution in [3.8, 4) is 0 Å². The molecule has 1 saturated heterocycles. The topological polar surface area (TPSA) is 105 Å². The van der Waals surface area contributed by atoms with Crippen LogP contribution >= 0.6 is 0 Å². The van der Waals surface area contributed by atoms with E-state index in [1.54, 1.807) is 0 Å². The van der Waals surface area contributed by atoms with E-state index in [9.17, 15) is 9.59 Å². The van der Waals surface area contributed by atoms with E-state index in [1.165, 1.54) is 0 Å². The number of carbonyl (C=O) groups is 2. The van der Waals surface area contributed by atoms with Crippen LogP contribution in [0.5, 0.6) is 0 Å². The van der Waals surface area contributed by atoms with Crippen LogP contribution in [0.2, 0.25) is 0 Å². The lowest BCUT2D eigenvalue weighted by Crippen LogP contribution is -2.30. The van der Waals surface area contributed by atoms with Gasteiger partial charge in [-0.25, -0.2) is 9.59 Å². The molecule has 1 rings (SSSR count). The number of amides is 1. The van der Waals surface area contributed by atoms with Crippen molar-refractivity contribution in [2.45, 2.75) is 12.2 Å². The fourth-order valence-corrected chi connectivity index (χ4v) is 0.871. The molecular weight excluding hydrogens is 194 g/mol. The van der Waals surface area contributed by atoms with Crippen molar-refractivity contribution in [3.05, 3.63) is 0 Å². The average molecular weight is 205 g/mol. The largest absolute Gasteiger partial charge is 0.460 e. The maximum Gasteiger partial charge on any atom is 0.407 e. The number of aliphatic hydroxyl groups is 2. The summed E-state index contributed by atoms with van der Waals surface area (Å²) in [7, 11) is 0. The van der Waals surface area contributed by atoms with Gasteiger partial charge in [0.1, 0.15) is 6.61 Å². The molecule has 3 N–H and O–H groups in total. The van der Waals surface area contributed by atoms with Gasteiger partial charge >= 0.3 is 12.1 Å². The van der Waals surface area contributed by atoms with Gasteiger partial charge in [-0.2, -0.15) is 0 Å². The van der Waals surface area contributed by atoms with Gasteiger partial charge in [-0.15, -0.1) is 0 Å². The Labute approximate surface area is 79.6 Å². The van der Waals surface area contributed by atoms with Crippen LogP contribution in [-0.2, 0) is 14.3 Å². The van der Waals surface area contributed by atoms with Crippen molar-refractivity contribution < 1.29 is 29.3 Å². The first-order valence-corrected chi connectivity index (χ1v) is 4.03. The van der Waals surface area contributed by atoms with Gasteiger partial charge in [-0.1, -0.05) is 0 Å². The third kappa shape index (κ3) is 2.86. The van der Waals surface area contributed by atoms with Gasteiger partial charge in [0.15, 0.2) is 12.2 Å². The van der Waals surface area contributed by atoms with Crippen molar-refractivity contribution in [1.29, 1.82) is 0 Å². The van der Waals surface area contributed by atoms with E-state index in [-0.39, 0.29) is 13.2 Å². The zero-order valence-corrected chi connectivity index (χ0v) is 7.30. The number of aliphatic hydroxyl groups excluding tert-OH is 2. The summed E-state index contributed by atoms with van der Waals surface area (Å²) < 4.78 is 9.21. The number of nitrogens with one attached hydrogen (secondary N) is 1. The number of hydrogen-bond acceptors (Lipinski definition) is 6. The number of ether oxygens (including phenoxy) is 2. The molecule has 2 atom stereocenters. The second-order valence-electron chi connectivity index (χ2n) is 2.74. The van der Waals surface area contributed by atoms with Crippen LogP contribution in [0.3, 0.4) is 0 Å². The highest BCUT2D eigenvalue weighted by atomic mass is 16.6. The van der Waals surface area contributed by atoms with E-state index in [2.05, 4.69) is 14.8 Å². The summed E-state index contributed by atoms with van der Waals surface area (Å²) in [5, 5.41) is 19.6. The lowest BCUT2D eigenvalue weighted by atomic mass is 10.3. The van der Waals surface area contributed by atoms with Crippen LogP contribution in [0.15, 0.2) is 0 Å². The molecule has 0 aromatic carbocycles. The quantitative estimate of drug-likeness (QED) is 0.458. The van der Waals surface area contributed by atoms with E-state index < -0.39 is 30.9 Å². The van der Waals surface area contributed by atoms with Gasteiger partial charge in [-0.05, 0) is 0 Å². The molecule has 0 saturated carbocycles. The molecule has 0 aliphatic carbocycles. The molecule has 7 heteroatoms. The van der Waals surface area contributed by atoms with Gasteiger partial charge in [0, 0.05) is 0 Å². The standard InChI is InChI=1S/C7H11NO6/c9-2-5(10)6(11)13-3-4-1-8-7(12)14-4/h4-5,9-10H,1-3H2,(H,8,12)/t4-,5+/m0/s1. The number of hydrogen-bond donors (Lipinski definition) is 3. The van der Waals surface area contributed by atoms with E-state index in [0.29, 0.717) is 0 Å². The van der Waals surface area contributed by atoms with Crippen LogP contribution < -0.4 is 5.32 Å². The Bertz CT molecular complexity index is 230. The van der Waals surface area contributed by atoms with E-state index in [4.69, 9.17) is 10.2 Å². The number of rotatable bonds is 4. The lowest BCUT2D eigenvalue weighted by Gasteiger charge is -2.10. The first-order valence-electron chi connectivity index (χ1n) is 4.03. The smallest absolute Gasteiger partial charge is 0.407 e. The number of cyclic esters (lactones) is 1. The SMILES string of the molecule is O=C1NC[C@@H](COC(=O)[C@H](O)CO)O1. The zero-order valence-electron chi connectivity index (χ0n) is 7.30. The molecule has 80 valence electrons. The van der Waals surface area contributed by atoms with E-state index >= 15 is 0 Å². The maximum atomic E-state index is 10.8. The van der Waals surface area contributed by atoms with Crippen molar-refractivity contribution >= 4 is 12.1 Å². The number of carbonyl (C=O) groups excluding carboxylic acids is 2. The predicted molar refractivity (Wildman–Crippen MR) is 42.3 cm³/mol. The fraction of sp³-hybridized carbons (Fsp3) is 0.714. The Morgan fingerprint density at radius 3 is 3.00 bits per heavy atom. The second-order valence-corrected chi connectivity index (χ2v) is 2.74. The lowest BCUT2D eigenvalue weighted by molar-refractivity contribution is -0.157. The van der Waals surface area contributed by atoms with Crippen LogP contribution in [0.4, 0.5) is 4.79 Å². The van der Waals surface area contributed by atoms with Gasteiger partial charge in [0.25, 0.3) is 0 Å². The summed E-state index contributed by atoms with van der Waals surface area (Å²) in [5.74, 6) is -0.935. The third-order valence-corrected chi connectivity index (χ3v) is 1.60.